The van der Waals surface area contributed by atoms with Gasteiger partial charge in [-0.25, -0.2) is 4.79 Å². The van der Waals surface area contributed by atoms with E-state index in [-0.39, 0.29) is 12.2 Å². The maximum absolute atomic E-state index is 12.6. The van der Waals surface area contributed by atoms with Gasteiger partial charge in [0.05, 0.1) is 7.11 Å². The van der Waals surface area contributed by atoms with Gasteiger partial charge in [-0.3, -0.25) is 9.59 Å². The molecule has 1 rings (SSSR count). The zero-order chi connectivity index (χ0) is 17.5. The lowest BCUT2D eigenvalue weighted by atomic mass is 9.83. The highest BCUT2D eigenvalue weighted by atomic mass is 16.5. The van der Waals surface area contributed by atoms with Gasteiger partial charge in [0, 0.05) is 19.3 Å². The van der Waals surface area contributed by atoms with Crippen molar-refractivity contribution in [2.45, 2.75) is 32.7 Å². The highest BCUT2D eigenvalue weighted by Crippen LogP contribution is 2.21. The van der Waals surface area contributed by atoms with E-state index in [0.717, 1.165) is 5.56 Å². The fourth-order valence-electron chi connectivity index (χ4n) is 2.35. The van der Waals surface area contributed by atoms with Crippen molar-refractivity contribution in [3.05, 3.63) is 42.0 Å². The third-order valence-corrected chi connectivity index (χ3v) is 3.40. The lowest BCUT2D eigenvalue weighted by Crippen LogP contribution is -2.61. The Morgan fingerprint density at radius 1 is 1.22 bits per heavy atom. The van der Waals surface area contributed by atoms with Crippen LogP contribution in [0.1, 0.15) is 32.8 Å². The number of rotatable bonds is 7. The van der Waals surface area contributed by atoms with Crippen molar-refractivity contribution < 1.29 is 19.1 Å². The molecule has 0 saturated carbocycles. The van der Waals surface area contributed by atoms with Crippen LogP contribution >= 0.6 is 0 Å². The van der Waals surface area contributed by atoms with Crippen LogP contribution in [0, 0.1) is 5.92 Å². The first kappa shape index (κ1) is 18.6. The Balaban J connectivity index is 3.15. The average molecular weight is 317 g/mol. The molecule has 1 atom stereocenters. The number of amides is 1. The molecule has 1 unspecified atom stereocenters. The molecule has 1 aromatic rings. The molecule has 0 radical (unpaired) electrons. The van der Waals surface area contributed by atoms with Crippen molar-refractivity contribution in [2.75, 3.05) is 7.11 Å². The third kappa shape index (κ3) is 4.77. The van der Waals surface area contributed by atoms with Crippen LogP contribution in [0.3, 0.4) is 0 Å². The Morgan fingerprint density at radius 3 is 2.30 bits per heavy atom. The summed E-state index contributed by atoms with van der Waals surface area (Å²) in [7, 11) is 1.20. The number of methoxy groups -OCH3 is 1. The summed E-state index contributed by atoms with van der Waals surface area (Å²) in [4.78, 5) is 36.4. The second-order valence-electron chi connectivity index (χ2n) is 5.61. The molecule has 5 nitrogen and oxygen atoms in total. The number of carbonyl (C=O) groups excluding carboxylic acids is 3. The van der Waals surface area contributed by atoms with Gasteiger partial charge < -0.3 is 10.1 Å². The van der Waals surface area contributed by atoms with Gasteiger partial charge in [0.15, 0.2) is 5.78 Å². The van der Waals surface area contributed by atoms with E-state index in [4.69, 9.17) is 4.74 Å². The van der Waals surface area contributed by atoms with E-state index in [2.05, 4.69) is 5.32 Å². The van der Waals surface area contributed by atoms with Crippen LogP contribution in [0.5, 0.6) is 0 Å². The summed E-state index contributed by atoms with van der Waals surface area (Å²) in [6.45, 7) is 4.64. The molecule has 0 bridgehead atoms. The highest BCUT2D eigenvalue weighted by Gasteiger charge is 2.47. The van der Waals surface area contributed by atoms with Crippen molar-refractivity contribution in [3.8, 4) is 0 Å². The van der Waals surface area contributed by atoms with Gasteiger partial charge in [0.1, 0.15) is 0 Å². The minimum atomic E-state index is -1.69. The zero-order valence-electron chi connectivity index (χ0n) is 14.0. The van der Waals surface area contributed by atoms with Gasteiger partial charge in [-0.2, -0.15) is 0 Å². The number of hydrogen-bond donors (Lipinski definition) is 1. The van der Waals surface area contributed by atoms with Crippen LogP contribution < -0.4 is 5.32 Å². The summed E-state index contributed by atoms with van der Waals surface area (Å²) in [6, 6.07) is 9.48. The summed E-state index contributed by atoms with van der Waals surface area (Å²) in [5.74, 6) is -2.02. The van der Waals surface area contributed by atoms with Crippen LogP contribution in [0.25, 0.3) is 6.08 Å². The van der Waals surface area contributed by atoms with Crippen LogP contribution in [0.2, 0.25) is 0 Å². The quantitative estimate of drug-likeness (QED) is 0.619. The van der Waals surface area contributed by atoms with E-state index in [1.807, 2.05) is 30.3 Å². The minimum Gasteiger partial charge on any atom is -0.467 e. The fraction of sp³-hybridized carbons (Fsp3) is 0.389. The first-order valence-corrected chi connectivity index (χ1v) is 7.46. The fourth-order valence-corrected chi connectivity index (χ4v) is 2.35. The summed E-state index contributed by atoms with van der Waals surface area (Å²) in [5.41, 5.74) is -0.758. The van der Waals surface area contributed by atoms with Crippen molar-refractivity contribution in [1.82, 2.24) is 5.32 Å². The number of Topliss-reactive ketones (excluding diaryl/α,β-unsaturated/α-hetero) is 1. The van der Waals surface area contributed by atoms with E-state index in [9.17, 15) is 14.4 Å². The molecule has 5 heteroatoms. The van der Waals surface area contributed by atoms with Crippen molar-refractivity contribution in [1.29, 1.82) is 0 Å². The average Bonchev–Trinajstić information content (AvgIpc) is 2.52. The Morgan fingerprint density at radius 2 is 1.83 bits per heavy atom. The summed E-state index contributed by atoms with van der Waals surface area (Å²) >= 11 is 0. The SMILES string of the molecule is COC(=O)C(C/C=C/c1ccccc1)(NC(C)=O)C(=O)C(C)C. The second-order valence-corrected chi connectivity index (χ2v) is 5.61. The summed E-state index contributed by atoms with van der Waals surface area (Å²) in [6.07, 6.45) is 3.53. The van der Waals surface area contributed by atoms with Gasteiger partial charge in [0.2, 0.25) is 11.4 Å². The number of nitrogens with one attached hydrogen (secondary N) is 1. The van der Waals surface area contributed by atoms with E-state index < -0.39 is 23.3 Å². The molecule has 0 aromatic heterocycles. The normalized spacial score (nSPS) is 13.6. The molecule has 1 amide bonds. The molecular formula is C18H23NO4. The summed E-state index contributed by atoms with van der Waals surface area (Å²) in [5, 5.41) is 2.50. The first-order valence-electron chi connectivity index (χ1n) is 7.46. The number of carbonyl (C=O) groups is 3. The Hall–Kier alpha value is -2.43. The monoisotopic (exact) mass is 317 g/mol. The largest absolute Gasteiger partial charge is 0.467 e. The first-order chi connectivity index (χ1) is 10.8. The van der Waals surface area contributed by atoms with Gasteiger partial charge in [-0.15, -0.1) is 0 Å². The predicted molar refractivity (Wildman–Crippen MR) is 88.5 cm³/mol. The lowest BCUT2D eigenvalue weighted by molar-refractivity contribution is -0.156. The predicted octanol–water partition coefficient (Wildman–Crippen LogP) is 2.36. The molecule has 1 aromatic carbocycles. The molecule has 0 aliphatic heterocycles. The molecule has 23 heavy (non-hydrogen) atoms. The molecule has 0 spiro atoms. The van der Waals surface area contributed by atoms with Crippen LogP contribution in [0.15, 0.2) is 36.4 Å². The number of ketones is 1. The number of hydrogen-bond acceptors (Lipinski definition) is 4. The molecule has 0 aliphatic carbocycles. The molecular weight excluding hydrogens is 294 g/mol. The summed E-state index contributed by atoms with van der Waals surface area (Å²) < 4.78 is 4.78. The number of ether oxygens (including phenoxy) is 1. The Kier molecular flexibility index (Phi) is 6.69. The molecule has 1 N–H and O–H groups in total. The number of esters is 1. The van der Waals surface area contributed by atoms with E-state index in [0.29, 0.717) is 0 Å². The van der Waals surface area contributed by atoms with Crippen molar-refractivity contribution >= 4 is 23.7 Å². The van der Waals surface area contributed by atoms with Gasteiger partial charge >= 0.3 is 5.97 Å². The molecule has 124 valence electrons. The van der Waals surface area contributed by atoms with Crippen LogP contribution in [-0.4, -0.2) is 30.3 Å². The topological polar surface area (TPSA) is 72.5 Å². The van der Waals surface area contributed by atoms with Crippen LogP contribution in [-0.2, 0) is 19.1 Å². The van der Waals surface area contributed by atoms with Crippen molar-refractivity contribution in [3.63, 3.8) is 0 Å². The third-order valence-electron chi connectivity index (χ3n) is 3.40. The van der Waals surface area contributed by atoms with Gasteiger partial charge in [-0.1, -0.05) is 56.3 Å². The van der Waals surface area contributed by atoms with E-state index in [1.54, 1.807) is 26.0 Å². The second kappa shape index (κ2) is 8.27. The molecule has 0 fully saturated rings. The van der Waals surface area contributed by atoms with E-state index >= 15 is 0 Å². The minimum absolute atomic E-state index is 0.0329. The Bertz CT molecular complexity index is 592. The lowest BCUT2D eigenvalue weighted by Gasteiger charge is -2.30. The number of benzene rings is 1. The zero-order valence-corrected chi connectivity index (χ0v) is 14.0. The van der Waals surface area contributed by atoms with Crippen LogP contribution in [0.4, 0.5) is 0 Å². The van der Waals surface area contributed by atoms with E-state index in [1.165, 1.54) is 14.0 Å². The maximum atomic E-state index is 12.6. The highest BCUT2D eigenvalue weighted by molar-refractivity contribution is 6.11. The van der Waals surface area contributed by atoms with Crippen molar-refractivity contribution in [2.24, 2.45) is 5.92 Å². The smallest absolute Gasteiger partial charge is 0.339 e. The molecule has 0 heterocycles. The molecule has 0 aliphatic rings. The maximum Gasteiger partial charge on any atom is 0.339 e. The standard InChI is InChI=1S/C18H23NO4/c1-13(2)16(21)18(17(22)23-4,19-14(3)20)12-8-11-15-9-6-5-7-10-15/h5-11,13H,12H2,1-4H3,(H,19,20)/b11-8+. The van der Waals surface area contributed by atoms with Gasteiger partial charge in [0.25, 0.3) is 0 Å². The van der Waals surface area contributed by atoms with Gasteiger partial charge in [-0.05, 0) is 5.56 Å². The molecule has 0 saturated heterocycles. The Labute approximate surface area is 136 Å².